The van der Waals surface area contributed by atoms with E-state index in [0.29, 0.717) is 21.9 Å². The monoisotopic (exact) mass is 479 g/mol. The van der Waals surface area contributed by atoms with E-state index in [1.807, 2.05) is 76.3 Å². The molecule has 6 nitrogen and oxygen atoms in total. The number of esters is 1. The minimum absolute atomic E-state index is 0.0301. The number of amides is 1. The fourth-order valence-electron chi connectivity index (χ4n) is 3.71. The Labute approximate surface area is 207 Å². The molecule has 2 aromatic carbocycles. The third kappa shape index (κ3) is 5.65. The van der Waals surface area contributed by atoms with Crippen molar-refractivity contribution in [2.75, 3.05) is 12.4 Å². The molecule has 1 amide bonds. The molecular weight excluding hydrogens is 446 g/mol. The number of allylic oxidation sites excluding steroid dienone is 1. The number of carbonyl (C=O) groups is 2. The first-order valence-corrected chi connectivity index (χ1v) is 11.8. The molecule has 1 heterocycles. The van der Waals surface area contributed by atoms with Crippen LogP contribution in [-0.2, 0) is 14.9 Å². The molecular formula is C27H33N3O3S. The van der Waals surface area contributed by atoms with Crippen molar-refractivity contribution in [1.29, 1.82) is 0 Å². The Morgan fingerprint density at radius 3 is 2.18 bits per heavy atom. The molecule has 0 spiro atoms. The van der Waals surface area contributed by atoms with Gasteiger partial charge in [0, 0.05) is 24.0 Å². The second kappa shape index (κ2) is 9.97. The first-order valence-electron chi connectivity index (χ1n) is 11.4. The van der Waals surface area contributed by atoms with Gasteiger partial charge in [-0.1, -0.05) is 45.0 Å². The molecule has 2 N–H and O–H groups in total. The van der Waals surface area contributed by atoms with Gasteiger partial charge in [-0.2, -0.15) is 0 Å². The highest BCUT2D eigenvalue weighted by atomic mass is 32.1. The first-order chi connectivity index (χ1) is 15.9. The van der Waals surface area contributed by atoms with Crippen molar-refractivity contribution in [1.82, 2.24) is 10.2 Å². The molecule has 1 aliphatic heterocycles. The van der Waals surface area contributed by atoms with E-state index >= 15 is 0 Å². The van der Waals surface area contributed by atoms with E-state index in [-0.39, 0.29) is 23.4 Å². The largest absolute Gasteiger partial charge is 0.459 e. The maximum absolute atomic E-state index is 12.9. The molecule has 0 fully saturated rings. The van der Waals surface area contributed by atoms with E-state index in [1.54, 1.807) is 4.90 Å². The number of thiocarbonyl (C=S) groups is 1. The summed E-state index contributed by atoms with van der Waals surface area (Å²) in [5, 5.41) is 6.69. The number of nitrogens with zero attached hydrogens (tertiary/aromatic N) is 1. The Morgan fingerprint density at radius 2 is 1.65 bits per heavy atom. The van der Waals surface area contributed by atoms with Gasteiger partial charge in [0.2, 0.25) is 0 Å². The lowest BCUT2D eigenvalue weighted by molar-refractivity contribution is -0.143. The quantitative estimate of drug-likeness (QED) is 0.447. The van der Waals surface area contributed by atoms with Gasteiger partial charge < -0.3 is 20.3 Å². The summed E-state index contributed by atoms with van der Waals surface area (Å²) in [6.45, 7) is 11.9. The highest BCUT2D eigenvalue weighted by Crippen LogP contribution is 2.31. The van der Waals surface area contributed by atoms with Crippen LogP contribution < -0.4 is 10.6 Å². The summed E-state index contributed by atoms with van der Waals surface area (Å²) in [6, 6.07) is 14.6. The van der Waals surface area contributed by atoms with E-state index in [0.717, 1.165) is 11.3 Å². The van der Waals surface area contributed by atoms with Gasteiger partial charge in [0.15, 0.2) is 5.11 Å². The van der Waals surface area contributed by atoms with Gasteiger partial charge in [0.1, 0.15) is 0 Å². The highest BCUT2D eigenvalue weighted by molar-refractivity contribution is 7.80. The number of hydrogen-bond donors (Lipinski definition) is 2. The van der Waals surface area contributed by atoms with E-state index in [2.05, 4.69) is 31.4 Å². The summed E-state index contributed by atoms with van der Waals surface area (Å²) in [7, 11) is 1.82. The molecule has 34 heavy (non-hydrogen) atoms. The third-order valence-corrected chi connectivity index (χ3v) is 6.22. The molecule has 1 unspecified atom stereocenters. The number of ether oxygens (including phenoxy) is 1. The van der Waals surface area contributed by atoms with Crippen LogP contribution in [-0.4, -0.2) is 35.0 Å². The zero-order valence-electron chi connectivity index (χ0n) is 20.9. The Hall–Kier alpha value is -3.19. The summed E-state index contributed by atoms with van der Waals surface area (Å²) in [4.78, 5) is 27.3. The highest BCUT2D eigenvalue weighted by Gasteiger charge is 2.33. The maximum atomic E-state index is 12.9. The van der Waals surface area contributed by atoms with Crippen LogP contribution in [0.25, 0.3) is 0 Å². The lowest BCUT2D eigenvalue weighted by Crippen LogP contribution is -2.46. The molecule has 1 aliphatic rings. The van der Waals surface area contributed by atoms with Crippen molar-refractivity contribution < 1.29 is 14.3 Å². The fourth-order valence-corrected chi connectivity index (χ4v) is 3.97. The van der Waals surface area contributed by atoms with Crippen LogP contribution in [0.4, 0.5) is 5.69 Å². The van der Waals surface area contributed by atoms with Crippen LogP contribution in [0.15, 0.2) is 59.8 Å². The van der Waals surface area contributed by atoms with Crippen molar-refractivity contribution in [3.63, 3.8) is 0 Å². The molecule has 0 saturated heterocycles. The molecule has 7 heteroatoms. The Bertz CT molecular complexity index is 1110. The summed E-state index contributed by atoms with van der Waals surface area (Å²) in [5.41, 5.74) is 4.57. The van der Waals surface area contributed by atoms with Gasteiger partial charge in [-0.3, -0.25) is 4.79 Å². The van der Waals surface area contributed by atoms with E-state index in [9.17, 15) is 9.59 Å². The number of nitrogens with one attached hydrogen (secondary N) is 2. The van der Waals surface area contributed by atoms with Crippen LogP contribution in [0.1, 0.15) is 69.1 Å². The Morgan fingerprint density at radius 1 is 1.06 bits per heavy atom. The molecule has 180 valence electrons. The van der Waals surface area contributed by atoms with Gasteiger partial charge in [-0.05, 0) is 73.8 Å². The number of benzene rings is 2. The molecule has 2 aromatic rings. The van der Waals surface area contributed by atoms with Crippen molar-refractivity contribution in [2.45, 2.75) is 59.1 Å². The van der Waals surface area contributed by atoms with E-state index < -0.39 is 6.04 Å². The van der Waals surface area contributed by atoms with Crippen LogP contribution in [0, 0.1) is 0 Å². The fraction of sp³-hybridized carbons (Fsp3) is 0.370. The topological polar surface area (TPSA) is 70.7 Å². The van der Waals surface area contributed by atoms with Crippen LogP contribution in [0.2, 0.25) is 0 Å². The third-order valence-electron chi connectivity index (χ3n) is 5.83. The van der Waals surface area contributed by atoms with Crippen LogP contribution >= 0.6 is 12.2 Å². The lowest BCUT2D eigenvalue weighted by Gasteiger charge is -2.35. The molecule has 3 rings (SSSR count). The number of hydrogen-bond acceptors (Lipinski definition) is 4. The minimum atomic E-state index is -0.440. The summed E-state index contributed by atoms with van der Waals surface area (Å²) in [6.07, 6.45) is -0.234. The molecule has 0 aliphatic carbocycles. The minimum Gasteiger partial charge on any atom is -0.459 e. The van der Waals surface area contributed by atoms with E-state index in [1.165, 1.54) is 5.56 Å². The number of carbonyl (C=O) groups excluding carboxylic acids is 2. The normalized spacial score (nSPS) is 16.4. The molecule has 0 bridgehead atoms. The van der Waals surface area contributed by atoms with Crippen molar-refractivity contribution in [3.05, 3.63) is 76.5 Å². The average Bonchev–Trinajstić information content (AvgIpc) is 2.76. The molecule has 0 saturated carbocycles. The standard InChI is InChI=1S/C27H33N3O3S/c1-16(2)33-25(32)22-17(3)30(7)26(34)29-23(22)18-10-14-21(15-11-18)28-24(31)19-8-12-20(13-9-19)27(4,5)6/h8-16,23H,1-7H3,(H,28,31)(H,29,34). The van der Waals surface area contributed by atoms with E-state index in [4.69, 9.17) is 17.0 Å². The van der Waals surface area contributed by atoms with Crippen molar-refractivity contribution >= 4 is 34.9 Å². The Kier molecular flexibility index (Phi) is 7.46. The molecule has 0 aromatic heterocycles. The number of rotatable bonds is 5. The van der Waals surface area contributed by atoms with Gasteiger partial charge in [0.25, 0.3) is 5.91 Å². The molecule has 1 atom stereocenters. The van der Waals surface area contributed by atoms with Gasteiger partial charge >= 0.3 is 5.97 Å². The van der Waals surface area contributed by atoms with Crippen LogP contribution in [0.5, 0.6) is 0 Å². The summed E-state index contributed by atoms with van der Waals surface area (Å²) in [5.74, 6) is -0.556. The smallest absolute Gasteiger partial charge is 0.338 e. The van der Waals surface area contributed by atoms with Crippen molar-refractivity contribution in [2.24, 2.45) is 0 Å². The van der Waals surface area contributed by atoms with Crippen molar-refractivity contribution in [3.8, 4) is 0 Å². The Balaban J connectivity index is 1.80. The first kappa shape index (κ1) is 25.4. The maximum Gasteiger partial charge on any atom is 0.338 e. The average molecular weight is 480 g/mol. The molecule has 0 radical (unpaired) electrons. The predicted molar refractivity (Wildman–Crippen MR) is 140 cm³/mol. The predicted octanol–water partition coefficient (Wildman–Crippen LogP) is 5.32. The zero-order chi connectivity index (χ0) is 25.2. The zero-order valence-corrected chi connectivity index (χ0v) is 21.7. The van der Waals surface area contributed by atoms with Gasteiger partial charge in [0.05, 0.1) is 17.7 Å². The van der Waals surface area contributed by atoms with Crippen LogP contribution in [0.3, 0.4) is 0 Å². The second-order valence-electron chi connectivity index (χ2n) is 9.80. The summed E-state index contributed by atoms with van der Waals surface area (Å²) >= 11 is 5.45. The SMILES string of the molecule is CC1=C(C(=O)OC(C)C)C(c2ccc(NC(=O)c3ccc(C(C)(C)C)cc3)cc2)NC(=S)N1C. The van der Waals surface area contributed by atoms with Gasteiger partial charge in [-0.25, -0.2) is 4.79 Å². The number of anilines is 1. The van der Waals surface area contributed by atoms with Gasteiger partial charge in [-0.15, -0.1) is 0 Å². The second-order valence-corrected chi connectivity index (χ2v) is 10.2. The lowest BCUT2D eigenvalue weighted by atomic mass is 9.87. The summed E-state index contributed by atoms with van der Waals surface area (Å²) < 4.78 is 5.49.